The Labute approximate surface area is 190 Å². The summed E-state index contributed by atoms with van der Waals surface area (Å²) in [5.74, 6) is -0.201. The number of hydrogen-bond acceptors (Lipinski definition) is 4. The number of amides is 1. The molecule has 4 rings (SSSR count). The third kappa shape index (κ3) is 4.40. The van der Waals surface area contributed by atoms with E-state index in [0.29, 0.717) is 15.7 Å². The second kappa shape index (κ2) is 9.04. The number of rotatable bonds is 6. The zero-order valence-electron chi connectivity index (χ0n) is 17.6. The molecule has 2 aromatic heterocycles. The molecule has 0 radical (unpaired) electrons. The third-order valence-corrected chi connectivity index (χ3v) is 6.36. The van der Waals surface area contributed by atoms with Crippen LogP contribution >= 0.6 is 22.9 Å². The summed E-state index contributed by atoms with van der Waals surface area (Å²) in [6.45, 7) is 6.05. The standard InChI is InChI=1S/C24H23ClN4OS/c1-4-8-21-19(14-26-29(21)18-9-6-5-7-10-18)23(30)28-24-27-22(16(3)31-24)17-12-11-15(2)20(25)13-17/h5-7,9-14H,4,8H2,1-3H3,(H,27,28,30). The van der Waals surface area contributed by atoms with Crippen LogP contribution in [0.4, 0.5) is 5.13 Å². The van der Waals surface area contributed by atoms with E-state index in [0.717, 1.165) is 45.9 Å². The van der Waals surface area contributed by atoms with E-state index >= 15 is 0 Å². The highest BCUT2D eigenvalue weighted by molar-refractivity contribution is 7.16. The van der Waals surface area contributed by atoms with Crippen LogP contribution in [0, 0.1) is 13.8 Å². The number of carbonyl (C=O) groups is 1. The molecular formula is C24H23ClN4OS. The van der Waals surface area contributed by atoms with Gasteiger partial charge in [-0.2, -0.15) is 5.10 Å². The molecule has 0 saturated heterocycles. The summed E-state index contributed by atoms with van der Waals surface area (Å²) in [4.78, 5) is 18.8. The van der Waals surface area contributed by atoms with Crippen LogP contribution in [-0.2, 0) is 6.42 Å². The normalized spacial score (nSPS) is 11.0. The molecule has 2 aromatic carbocycles. The van der Waals surface area contributed by atoms with Crippen LogP contribution < -0.4 is 5.32 Å². The maximum absolute atomic E-state index is 13.1. The lowest BCUT2D eigenvalue weighted by molar-refractivity contribution is 0.102. The highest BCUT2D eigenvalue weighted by Crippen LogP contribution is 2.33. The van der Waals surface area contributed by atoms with E-state index in [1.54, 1.807) is 6.20 Å². The zero-order valence-corrected chi connectivity index (χ0v) is 19.2. The van der Waals surface area contributed by atoms with Crippen LogP contribution in [0.5, 0.6) is 0 Å². The predicted octanol–water partition coefficient (Wildman–Crippen LogP) is 6.47. The van der Waals surface area contributed by atoms with Crippen molar-refractivity contribution >= 4 is 34.0 Å². The molecule has 0 fully saturated rings. The first-order chi connectivity index (χ1) is 15.0. The van der Waals surface area contributed by atoms with Gasteiger partial charge in [0.2, 0.25) is 0 Å². The molecule has 31 heavy (non-hydrogen) atoms. The van der Waals surface area contributed by atoms with Crippen molar-refractivity contribution in [3.8, 4) is 16.9 Å². The van der Waals surface area contributed by atoms with Crippen molar-refractivity contribution < 1.29 is 4.79 Å². The van der Waals surface area contributed by atoms with Crippen molar-refractivity contribution in [2.45, 2.75) is 33.6 Å². The number of benzene rings is 2. The van der Waals surface area contributed by atoms with Crippen molar-refractivity contribution in [3.63, 3.8) is 0 Å². The molecule has 0 aliphatic carbocycles. The van der Waals surface area contributed by atoms with E-state index in [1.807, 2.05) is 67.1 Å². The van der Waals surface area contributed by atoms with Crippen molar-refractivity contribution in [2.24, 2.45) is 0 Å². The minimum absolute atomic E-state index is 0.201. The van der Waals surface area contributed by atoms with Crippen molar-refractivity contribution in [2.75, 3.05) is 5.32 Å². The summed E-state index contributed by atoms with van der Waals surface area (Å²) in [5.41, 5.74) is 5.19. The van der Waals surface area contributed by atoms with E-state index in [2.05, 4.69) is 22.3 Å². The van der Waals surface area contributed by atoms with Gasteiger partial charge in [-0.1, -0.05) is 55.3 Å². The first kappa shape index (κ1) is 21.3. The van der Waals surface area contributed by atoms with E-state index in [4.69, 9.17) is 11.6 Å². The number of aromatic nitrogens is 3. The Morgan fingerprint density at radius 1 is 1.16 bits per heavy atom. The molecular weight excluding hydrogens is 428 g/mol. The minimum Gasteiger partial charge on any atom is -0.298 e. The molecule has 0 aliphatic rings. The second-order valence-corrected chi connectivity index (χ2v) is 8.95. The number of hydrogen-bond donors (Lipinski definition) is 1. The number of nitrogens with one attached hydrogen (secondary N) is 1. The molecule has 0 spiro atoms. The van der Waals surface area contributed by atoms with Gasteiger partial charge in [0.1, 0.15) is 0 Å². The SMILES string of the molecule is CCCc1c(C(=O)Nc2nc(-c3ccc(C)c(Cl)c3)c(C)s2)cnn1-c1ccccc1. The highest BCUT2D eigenvalue weighted by atomic mass is 35.5. The number of nitrogens with zero attached hydrogens (tertiary/aromatic N) is 3. The number of carbonyl (C=O) groups excluding carboxylic acids is 1. The fourth-order valence-corrected chi connectivity index (χ4v) is 4.47. The van der Waals surface area contributed by atoms with E-state index < -0.39 is 0 Å². The summed E-state index contributed by atoms with van der Waals surface area (Å²) in [5, 5.41) is 8.70. The highest BCUT2D eigenvalue weighted by Gasteiger charge is 2.20. The van der Waals surface area contributed by atoms with Crippen LogP contribution in [0.25, 0.3) is 16.9 Å². The van der Waals surface area contributed by atoms with E-state index in [1.165, 1.54) is 11.3 Å². The van der Waals surface area contributed by atoms with Gasteiger partial charge in [0.05, 0.1) is 28.8 Å². The summed E-state index contributed by atoms with van der Waals surface area (Å²) in [6.07, 6.45) is 3.30. The van der Waals surface area contributed by atoms with Crippen molar-refractivity contribution in [1.29, 1.82) is 0 Å². The van der Waals surface area contributed by atoms with Crippen LogP contribution in [0.2, 0.25) is 5.02 Å². The lowest BCUT2D eigenvalue weighted by Crippen LogP contribution is -2.14. The van der Waals surface area contributed by atoms with Gasteiger partial charge in [-0.25, -0.2) is 9.67 Å². The fraction of sp³-hybridized carbons (Fsp3) is 0.208. The lowest BCUT2D eigenvalue weighted by atomic mass is 10.1. The van der Waals surface area contributed by atoms with Crippen molar-refractivity contribution in [3.05, 3.63) is 81.4 Å². The Kier molecular flexibility index (Phi) is 6.20. The van der Waals surface area contributed by atoms with Gasteiger partial charge >= 0.3 is 0 Å². The molecule has 5 nitrogen and oxygen atoms in total. The Hall–Kier alpha value is -2.96. The van der Waals surface area contributed by atoms with Gasteiger partial charge in [0.15, 0.2) is 5.13 Å². The van der Waals surface area contributed by atoms with Crippen LogP contribution in [0.15, 0.2) is 54.7 Å². The summed E-state index contributed by atoms with van der Waals surface area (Å²) >= 11 is 7.74. The first-order valence-corrected chi connectivity index (χ1v) is 11.3. The summed E-state index contributed by atoms with van der Waals surface area (Å²) < 4.78 is 1.84. The lowest BCUT2D eigenvalue weighted by Gasteiger charge is -2.08. The topological polar surface area (TPSA) is 59.8 Å². The van der Waals surface area contributed by atoms with Gasteiger partial charge in [-0.3, -0.25) is 10.1 Å². The second-order valence-electron chi connectivity index (χ2n) is 7.34. The van der Waals surface area contributed by atoms with E-state index in [9.17, 15) is 4.79 Å². The maximum atomic E-state index is 13.1. The molecule has 0 atom stereocenters. The van der Waals surface area contributed by atoms with Crippen LogP contribution in [0.1, 0.15) is 39.8 Å². The Morgan fingerprint density at radius 3 is 2.65 bits per heavy atom. The predicted molar refractivity (Wildman–Crippen MR) is 128 cm³/mol. The molecule has 0 unspecified atom stereocenters. The van der Waals surface area contributed by atoms with Crippen LogP contribution in [-0.4, -0.2) is 20.7 Å². The molecule has 0 aliphatic heterocycles. The molecule has 158 valence electrons. The molecule has 0 bridgehead atoms. The summed E-state index contributed by atoms with van der Waals surface area (Å²) in [7, 11) is 0. The minimum atomic E-state index is -0.201. The number of aryl methyl sites for hydroxylation is 2. The number of para-hydroxylation sites is 1. The van der Waals surface area contributed by atoms with Gasteiger partial charge in [0.25, 0.3) is 5.91 Å². The average Bonchev–Trinajstić information content (AvgIpc) is 3.34. The zero-order chi connectivity index (χ0) is 22.0. The monoisotopic (exact) mass is 450 g/mol. The largest absolute Gasteiger partial charge is 0.298 e. The number of thiazole rings is 1. The fourth-order valence-electron chi connectivity index (χ4n) is 3.45. The van der Waals surface area contributed by atoms with Gasteiger partial charge in [-0.05, 0) is 44.0 Å². The van der Waals surface area contributed by atoms with Gasteiger partial charge < -0.3 is 0 Å². The number of anilines is 1. The Morgan fingerprint density at radius 2 is 1.94 bits per heavy atom. The smallest absolute Gasteiger partial charge is 0.260 e. The van der Waals surface area contributed by atoms with E-state index in [-0.39, 0.29) is 5.91 Å². The Bertz CT molecular complexity index is 1230. The summed E-state index contributed by atoms with van der Waals surface area (Å²) in [6, 6.07) is 15.7. The average molecular weight is 451 g/mol. The molecule has 1 amide bonds. The van der Waals surface area contributed by atoms with Crippen LogP contribution in [0.3, 0.4) is 0 Å². The quantitative estimate of drug-likeness (QED) is 0.366. The molecule has 2 heterocycles. The molecule has 0 saturated carbocycles. The van der Waals surface area contributed by atoms with Gasteiger partial charge in [0, 0.05) is 15.5 Å². The third-order valence-electron chi connectivity index (χ3n) is 5.06. The number of halogens is 1. The molecule has 1 N–H and O–H groups in total. The van der Waals surface area contributed by atoms with Crippen molar-refractivity contribution in [1.82, 2.24) is 14.8 Å². The van der Waals surface area contributed by atoms with Gasteiger partial charge in [-0.15, -0.1) is 11.3 Å². The maximum Gasteiger partial charge on any atom is 0.260 e. The molecule has 7 heteroatoms. The Balaban J connectivity index is 1.62. The first-order valence-electron chi connectivity index (χ1n) is 10.2. The molecule has 4 aromatic rings.